The predicted molar refractivity (Wildman–Crippen MR) is 121 cm³/mol. The number of hydrogen-bond donors (Lipinski definition) is 1. The molecular weight excluding hydrogens is 426 g/mol. The summed E-state index contributed by atoms with van der Waals surface area (Å²) in [5.41, 5.74) is 2.25. The van der Waals surface area contributed by atoms with E-state index in [9.17, 15) is 18.3 Å². The zero-order chi connectivity index (χ0) is 22.9. The lowest BCUT2D eigenvalue weighted by Gasteiger charge is -2.27. The van der Waals surface area contributed by atoms with Crippen LogP contribution in [0, 0.1) is 6.92 Å². The first-order chi connectivity index (χ1) is 15.3. The van der Waals surface area contributed by atoms with E-state index in [1.54, 1.807) is 61.7 Å². The maximum atomic E-state index is 13.6. The van der Waals surface area contributed by atoms with Crippen LogP contribution in [0.5, 0.6) is 5.75 Å². The van der Waals surface area contributed by atoms with Gasteiger partial charge in [0, 0.05) is 6.54 Å². The van der Waals surface area contributed by atoms with Crippen LogP contribution in [0.4, 0.5) is 0 Å². The summed E-state index contributed by atoms with van der Waals surface area (Å²) in [6.45, 7) is 1.96. The van der Waals surface area contributed by atoms with E-state index in [-0.39, 0.29) is 16.3 Å². The molecule has 164 valence electrons. The minimum absolute atomic E-state index is 0.0293. The number of methoxy groups -OCH3 is 1. The van der Waals surface area contributed by atoms with E-state index in [4.69, 9.17) is 4.74 Å². The van der Waals surface area contributed by atoms with Crippen LogP contribution in [0.25, 0.3) is 0 Å². The first kappa shape index (κ1) is 21.6. The third-order valence-corrected chi connectivity index (χ3v) is 7.37. The van der Waals surface area contributed by atoms with Crippen LogP contribution in [0.15, 0.2) is 94.4 Å². The van der Waals surface area contributed by atoms with Crippen molar-refractivity contribution < 1.29 is 23.1 Å². The van der Waals surface area contributed by atoms with Crippen LogP contribution in [0.3, 0.4) is 0 Å². The van der Waals surface area contributed by atoms with Gasteiger partial charge in [-0.15, -0.1) is 0 Å². The summed E-state index contributed by atoms with van der Waals surface area (Å²) < 4.78 is 32.4. The van der Waals surface area contributed by atoms with Crippen LogP contribution >= 0.6 is 0 Å². The van der Waals surface area contributed by atoms with Gasteiger partial charge in [-0.05, 0) is 42.3 Å². The van der Waals surface area contributed by atoms with Crippen molar-refractivity contribution in [3.05, 3.63) is 106 Å². The quantitative estimate of drug-likeness (QED) is 0.606. The largest absolute Gasteiger partial charge is 0.502 e. The maximum absolute atomic E-state index is 13.6. The number of rotatable bonds is 6. The van der Waals surface area contributed by atoms with E-state index in [1.807, 2.05) is 19.1 Å². The van der Waals surface area contributed by atoms with Gasteiger partial charge in [-0.2, -0.15) is 0 Å². The summed E-state index contributed by atoms with van der Waals surface area (Å²) in [7, 11) is -2.58. The molecule has 0 spiro atoms. The number of aryl methyl sites for hydroxylation is 1. The predicted octanol–water partition coefficient (Wildman–Crippen LogP) is 4.33. The van der Waals surface area contributed by atoms with Crippen molar-refractivity contribution in [1.29, 1.82) is 0 Å². The van der Waals surface area contributed by atoms with Crippen LogP contribution in [-0.4, -0.2) is 31.4 Å². The Hall–Kier alpha value is -3.58. The number of carbonyl (C=O) groups excluding carboxylic acids is 1. The van der Waals surface area contributed by atoms with Crippen molar-refractivity contribution in [3.8, 4) is 5.75 Å². The van der Waals surface area contributed by atoms with Crippen molar-refractivity contribution in [2.75, 3.05) is 7.11 Å². The summed E-state index contributed by atoms with van der Waals surface area (Å²) >= 11 is 0. The number of aliphatic hydroxyl groups is 1. The van der Waals surface area contributed by atoms with E-state index in [1.165, 1.54) is 17.0 Å². The average Bonchev–Trinajstić information content (AvgIpc) is 3.05. The molecule has 6 nitrogen and oxygen atoms in total. The topological polar surface area (TPSA) is 83.9 Å². The molecule has 1 aliphatic rings. The Balaban J connectivity index is 1.83. The summed E-state index contributed by atoms with van der Waals surface area (Å²) in [5, 5.41) is 10.8. The van der Waals surface area contributed by atoms with Gasteiger partial charge in [0.05, 0.1) is 18.0 Å². The Morgan fingerprint density at radius 2 is 1.66 bits per heavy atom. The summed E-state index contributed by atoms with van der Waals surface area (Å²) in [5.74, 6) is -0.857. The Morgan fingerprint density at radius 1 is 0.969 bits per heavy atom. The lowest BCUT2D eigenvalue weighted by atomic mass is 10.1. The van der Waals surface area contributed by atoms with E-state index >= 15 is 0 Å². The number of ether oxygens (including phenoxy) is 1. The Bertz CT molecular complexity index is 1280. The van der Waals surface area contributed by atoms with Crippen molar-refractivity contribution in [3.63, 3.8) is 0 Å². The van der Waals surface area contributed by atoms with Crippen LogP contribution in [0.1, 0.15) is 22.7 Å². The van der Waals surface area contributed by atoms with Gasteiger partial charge in [-0.3, -0.25) is 4.79 Å². The summed E-state index contributed by atoms with van der Waals surface area (Å²) in [4.78, 5) is 14.2. The van der Waals surface area contributed by atoms with Gasteiger partial charge < -0.3 is 14.7 Å². The molecule has 1 N–H and O–H groups in total. The second kappa shape index (κ2) is 8.51. The number of hydrogen-bond acceptors (Lipinski definition) is 5. The van der Waals surface area contributed by atoms with E-state index < -0.39 is 27.5 Å². The van der Waals surface area contributed by atoms with Gasteiger partial charge in [0.15, 0.2) is 5.76 Å². The van der Waals surface area contributed by atoms with Gasteiger partial charge in [0.2, 0.25) is 9.84 Å². The highest BCUT2D eigenvalue weighted by molar-refractivity contribution is 7.95. The van der Waals surface area contributed by atoms with E-state index in [2.05, 4.69) is 0 Å². The third kappa shape index (κ3) is 3.87. The number of benzene rings is 3. The van der Waals surface area contributed by atoms with E-state index in [0.29, 0.717) is 11.3 Å². The van der Waals surface area contributed by atoms with E-state index in [0.717, 1.165) is 11.1 Å². The molecule has 0 aromatic heterocycles. The second-order valence-corrected chi connectivity index (χ2v) is 9.55. The molecule has 1 atom stereocenters. The SMILES string of the molecule is COc1cccc(CN2C(=O)C(O)=C(S(=O)(=O)c3ccc(C)cc3)C2c2ccccc2)c1. The summed E-state index contributed by atoms with van der Waals surface area (Å²) in [6.07, 6.45) is 0. The highest BCUT2D eigenvalue weighted by atomic mass is 32.2. The zero-order valence-corrected chi connectivity index (χ0v) is 18.5. The molecule has 32 heavy (non-hydrogen) atoms. The number of amides is 1. The van der Waals surface area contributed by atoms with Gasteiger partial charge >= 0.3 is 0 Å². The van der Waals surface area contributed by atoms with Crippen LogP contribution in [-0.2, 0) is 21.2 Å². The van der Waals surface area contributed by atoms with Gasteiger partial charge in [0.1, 0.15) is 10.7 Å². The molecule has 7 heteroatoms. The number of sulfone groups is 1. The fourth-order valence-corrected chi connectivity index (χ4v) is 5.49. The molecule has 1 unspecified atom stereocenters. The maximum Gasteiger partial charge on any atom is 0.290 e. The molecule has 3 aromatic carbocycles. The standard InChI is InChI=1S/C25H23NO5S/c1-17-11-13-21(14-12-17)32(29,30)24-22(19-8-4-3-5-9-19)26(25(28)23(24)27)16-18-7-6-10-20(15-18)31-2/h3-15,22,27H,16H2,1-2H3. The van der Waals surface area contributed by atoms with Crippen molar-refractivity contribution in [1.82, 2.24) is 4.90 Å². The molecular formula is C25H23NO5S. The molecule has 0 saturated carbocycles. The lowest BCUT2D eigenvalue weighted by Crippen LogP contribution is -2.30. The lowest BCUT2D eigenvalue weighted by molar-refractivity contribution is -0.130. The highest BCUT2D eigenvalue weighted by Crippen LogP contribution is 2.43. The first-order valence-electron chi connectivity index (χ1n) is 10.1. The second-order valence-electron chi connectivity index (χ2n) is 7.63. The molecule has 1 aliphatic heterocycles. The molecule has 1 amide bonds. The molecule has 0 aliphatic carbocycles. The molecule has 3 aromatic rings. The number of aliphatic hydroxyl groups excluding tert-OH is 1. The van der Waals surface area contributed by atoms with Crippen molar-refractivity contribution in [2.24, 2.45) is 0 Å². The molecule has 0 radical (unpaired) electrons. The van der Waals surface area contributed by atoms with Gasteiger partial charge in [-0.1, -0.05) is 60.2 Å². The van der Waals surface area contributed by atoms with Gasteiger partial charge in [-0.25, -0.2) is 8.42 Å². The molecule has 0 fully saturated rings. The van der Waals surface area contributed by atoms with Crippen LogP contribution in [0.2, 0.25) is 0 Å². The Kier molecular flexibility index (Phi) is 5.76. The van der Waals surface area contributed by atoms with Crippen LogP contribution < -0.4 is 4.74 Å². The van der Waals surface area contributed by atoms with Gasteiger partial charge in [0.25, 0.3) is 5.91 Å². The Morgan fingerprint density at radius 3 is 2.31 bits per heavy atom. The monoisotopic (exact) mass is 449 g/mol. The fraction of sp³-hybridized carbons (Fsp3) is 0.160. The zero-order valence-electron chi connectivity index (χ0n) is 17.7. The van der Waals surface area contributed by atoms with Crippen molar-refractivity contribution >= 4 is 15.7 Å². The highest BCUT2D eigenvalue weighted by Gasteiger charge is 2.46. The fourth-order valence-electron chi connectivity index (χ4n) is 3.85. The molecule has 4 rings (SSSR count). The average molecular weight is 450 g/mol. The molecule has 1 heterocycles. The first-order valence-corrected chi connectivity index (χ1v) is 11.5. The normalized spacial score (nSPS) is 16.5. The minimum atomic E-state index is -4.13. The number of carbonyl (C=O) groups is 1. The number of nitrogens with zero attached hydrogens (tertiary/aromatic N) is 1. The summed E-state index contributed by atoms with van der Waals surface area (Å²) in [6, 6.07) is 21.4. The molecule has 0 bridgehead atoms. The third-order valence-electron chi connectivity index (χ3n) is 5.48. The van der Waals surface area contributed by atoms with Crippen molar-refractivity contribution in [2.45, 2.75) is 24.4 Å². The smallest absolute Gasteiger partial charge is 0.290 e. The minimum Gasteiger partial charge on any atom is -0.502 e. The molecule has 0 saturated heterocycles. The Labute approximate surface area is 187 Å².